The van der Waals surface area contributed by atoms with E-state index in [1.807, 2.05) is 38.7 Å². The van der Waals surface area contributed by atoms with E-state index in [4.69, 9.17) is 4.74 Å². The van der Waals surface area contributed by atoms with Crippen LogP contribution in [-0.4, -0.2) is 53.0 Å². The highest BCUT2D eigenvalue weighted by molar-refractivity contribution is 5.68. The van der Waals surface area contributed by atoms with Crippen molar-refractivity contribution in [2.45, 2.75) is 52.6 Å². The molecule has 0 radical (unpaired) electrons. The summed E-state index contributed by atoms with van der Waals surface area (Å²) in [5, 5.41) is 8.48. The second kappa shape index (κ2) is 6.22. The van der Waals surface area contributed by atoms with Crippen LogP contribution in [0.2, 0.25) is 0 Å². The Balaban J connectivity index is 1.56. The average molecular weight is 332 g/mol. The third-order valence-corrected chi connectivity index (χ3v) is 5.02. The zero-order valence-electron chi connectivity index (χ0n) is 15.2. The van der Waals surface area contributed by atoms with Gasteiger partial charge in [0.15, 0.2) is 5.82 Å². The molecule has 6 heteroatoms. The molecule has 0 aromatic carbocycles. The van der Waals surface area contributed by atoms with Crippen LogP contribution in [0.25, 0.3) is 0 Å². The smallest absolute Gasteiger partial charge is 0.410 e. The topological polar surface area (TPSA) is 58.6 Å². The molecule has 6 nitrogen and oxygen atoms in total. The molecule has 1 aromatic rings. The number of carbonyl (C=O) groups excluding carboxylic acids is 1. The number of nitrogens with zero attached hydrogens (tertiary/aromatic N) is 4. The van der Waals surface area contributed by atoms with Gasteiger partial charge in [-0.3, -0.25) is 0 Å². The molecular formula is C18H28N4O2. The molecular weight excluding hydrogens is 304 g/mol. The summed E-state index contributed by atoms with van der Waals surface area (Å²) in [6.45, 7) is 11.3. The summed E-state index contributed by atoms with van der Waals surface area (Å²) in [7, 11) is 0. The molecule has 0 atom stereocenters. The molecule has 2 aliphatic heterocycles. The van der Waals surface area contributed by atoms with Crippen LogP contribution < -0.4 is 4.90 Å². The molecule has 0 N–H and O–H groups in total. The average Bonchev–Trinajstić information content (AvgIpc) is 2.91. The van der Waals surface area contributed by atoms with Crippen molar-refractivity contribution in [3.8, 4) is 0 Å². The molecule has 3 heterocycles. The van der Waals surface area contributed by atoms with Crippen molar-refractivity contribution in [2.75, 3.05) is 31.1 Å². The molecule has 2 saturated heterocycles. The molecule has 24 heavy (non-hydrogen) atoms. The van der Waals surface area contributed by atoms with Crippen LogP contribution in [0, 0.1) is 12.3 Å². The summed E-state index contributed by atoms with van der Waals surface area (Å²) in [5.41, 5.74) is 0.810. The zero-order chi connectivity index (χ0) is 17.4. The quantitative estimate of drug-likeness (QED) is 0.791. The van der Waals surface area contributed by atoms with Crippen LogP contribution >= 0.6 is 0 Å². The van der Waals surface area contributed by atoms with E-state index in [0.29, 0.717) is 5.41 Å². The molecule has 3 rings (SSSR count). The largest absolute Gasteiger partial charge is 0.444 e. The molecule has 2 aliphatic rings. The summed E-state index contributed by atoms with van der Waals surface area (Å²) < 4.78 is 5.49. The highest BCUT2D eigenvalue weighted by Gasteiger charge is 2.42. The number of hydrogen-bond donors (Lipinski definition) is 0. The maximum absolute atomic E-state index is 12.2. The number of piperidine rings is 1. The van der Waals surface area contributed by atoms with Crippen LogP contribution in [0.15, 0.2) is 12.1 Å². The van der Waals surface area contributed by atoms with Crippen molar-refractivity contribution in [1.82, 2.24) is 15.1 Å². The van der Waals surface area contributed by atoms with E-state index in [1.165, 1.54) is 0 Å². The first-order valence-corrected chi connectivity index (χ1v) is 8.80. The first-order chi connectivity index (χ1) is 11.3. The molecule has 132 valence electrons. The number of hydrogen-bond acceptors (Lipinski definition) is 5. The number of aromatic nitrogens is 2. The fourth-order valence-corrected chi connectivity index (χ4v) is 3.59. The Hall–Kier alpha value is -1.85. The number of aryl methyl sites for hydroxylation is 1. The van der Waals surface area contributed by atoms with Crippen molar-refractivity contribution < 1.29 is 9.53 Å². The SMILES string of the molecule is Cc1ccc(N2CCC3(CCN(C(=O)OC(C)(C)C)CC3)C2)nn1. The maximum Gasteiger partial charge on any atom is 0.410 e. The van der Waals surface area contributed by atoms with E-state index in [9.17, 15) is 4.79 Å². The fraction of sp³-hybridized carbons (Fsp3) is 0.722. The van der Waals surface area contributed by atoms with Gasteiger partial charge in [0, 0.05) is 26.2 Å². The summed E-state index contributed by atoms with van der Waals surface area (Å²) in [5.74, 6) is 0.965. The Labute approximate surface area is 144 Å². The van der Waals surface area contributed by atoms with E-state index >= 15 is 0 Å². The predicted molar refractivity (Wildman–Crippen MR) is 93.1 cm³/mol. The molecule has 0 aliphatic carbocycles. The van der Waals surface area contributed by atoms with Crippen LogP contribution in [0.4, 0.5) is 10.6 Å². The van der Waals surface area contributed by atoms with Crippen LogP contribution in [-0.2, 0) is 4.74 Å². The van der Waals surface area contributed by atoms with Gasteiger partial charge >= 0.3 is 6.09 Å². The summed E-state index contributed by atoms with van der Waals surface area (Å²) in [4.78, 5) is 16.4. The molecule has 0 unspecified atom stereocenters. The number of ether oxygens (including phenoxy) is 1. The summed E-state index contributed by atoms with van der Waals surface area (Å²) in [6.07, 6.45) is 3.03. The Morgan fingerprint density at radius 2 is 1.79 bits per heavy atom. The molecule has 1 spiro atoms. The maximum atomic E-state index is 12.2. The van der Waals surface area contributed by atoms with Crippen molar-refractivity contribution in [2.24, 2.45) is 5.41 Å². The van der Waals surface area contributed by atoms with E-state index in [0.717, 1.165) is 57.0 Å². The molecule has 1 aromatic heterocycles. The highest BCUT2D eigenvalue weighted by atomic mass is 16.6. The number of rotatable bonds is 1. The third kappa shape index (κ3) is 3.79. The lowest BCUT2D eigenvalue weighted by Gasteiger charge is -2.39. The Bertz CT molecular complexity index is 586. The summed E-state index contributed by atoms with van der Waals surface area (Å²) >= 11 is 0. The fourth-order valence-electron chi connectivity index (χ4n) is 3.59. The van der Waals surface area contributed by atoms with Crippen LogP contribution in [0.5, 0.6) is 0 Å². The lowest BCUT2D eigenvalue weighted by Crippen LogP contribution is -2.46. The molecule has 2 fully saturated rings. The van der Waals surface area contributed by atoms with Gasteiger partial charge in [-0.2, -0.15) is 5.10 Å². The minimum Gasteiger partial charge on any atom is -0.444 e. The van der Waals surface area contributed by atoms with E-state index in [2.05, 4.69) is 21.2 Å². The molecule has 0 bridgehead atoms. The lowest BCUT2D eigenvalue weighted by atomic mass is 9.78. The van der Waals surface area contributed by atoms with Gasteiger partial charge in [-0.15, -0.1) is 5.10 Å². The second-order valence-corrected chi connectivity index (χ2v) is 8.17. The van der Waals surface area contributed by atoms with Crippen LogP contribution in [0.1, 0.15) is 45.7 Å². The van der Waals surface area contributed by atoms with Gasteiger partial charge in [0.1, 0.15) is 5.60 Å². The number of carbonyl (C=O) groups is 1. The Morgan fingerprint density at radius 3 is 2.38 bits per heavy atom. The standard InChI is InChI=1S/C18H28N4O2/c1-14-5-6-15(20-19-14)22-12-9-18(13-22)7-10-21(11-8-18)16(23)24-17(2,3)4/h5-6H,7-13H2,1-4H3. The van der Waals surface area contributed by atoms with Crippen molar-refractivity contribution in [1.29, 1.82) is 0 Å². The number of likely N-dealkylation sites (tertiary alicyclic amines) is 1. The van der Waals surface area contributed by atoms with Crippen molar-refractivity contribution in [3.63, 3.8) is 0 Å². The second-order valence-electron chi connectivity index (χ2n) is 8.17. The van der Waals surface area contributed by atoms with Gasteiger partial charge in [-0.25, -0.2) is 4.79 Å². The third-order valence-electron chi connectivity index (χ3n) is 5.02. The minimum absolute atomic E-state index is 0.184. The number of amides is 1. The van der Waals surface area contributed by atoms with E-state index < -0.39 is 5.60 Å². The molecule has 1 amide bonds. The first-order valence-electron chi connectivity index (χ1n) is 8.80. The minimum atomic E-state index is -0.430. The van der Waals surface area contributed by atoms with Crippen molar-refractivity contribution >= 4 is 11.9 Å². The highest BCUT2D eigenvalue weighted by Crippen LogP contribution is 2.41. The van der Waals surface area contributed by atoms with E-state index in [1.54, 1.807) is 0 Å². The number of anilines is 1. The van der Waals surface area contributed by atoms with Gasteiger partial charge in [0.2, 0.25) is 0 Å². The lowest BCUT2D eigenvalue weighted by molar-refractivity contribution is 0.0122. The molecule has 0 saturated carbocycles. The predicted octanol–water partition coefficient (Wildman–Crippen LogP) is 3.01. The zero-order valence-corrected chi connectivity index (χ0v) is 15.2. The first kappa shape index (κ1) is 17.0. The van der Waals surface area contributed by atoms with Gasteiger partial charge in [-0.05, 0) is 64.5 Å². The van der Waals surface area contributed by atoms with Gasteiger partial charge in [0.25, 0.3) is 0 Å². The van der Waals surface area contributed by atoms with Gasteiger partial charge < -0.3 is 14.5 Å². The van der Waals surface area contributed by atoms with Gasteiger partial charge in [0.05, 0.1) is 5.69 Å². The Kier molecular flexibility index (Phi) is 4.40. The van der Waals surface area contributed by atoms with Crippen LogP contribution in [0.3, 0.4) is 0 Å². The Morgan fingerprint density at radius 1 is 1.12 bits per heavy atom. The van der Waals surface area contributed by atoms with E-state index in [-0.39, 0.29) is 6.09 Å². The van der Waals surface area contributed by atoms with Crippen molar-refractivity contribution in [3.05, 3.63) is 17.8 Å². The monoisotopic (exact) mass is 332 g/mol. The normalized spacial score (nSPS) is 20.5. The summed E-state index contributed by atoms with van der Waals surface area (Å²) in [6, 6.07) is 4.07. The van der Waals surface area contributed by atoms with Gasteiger partial charge in [-0.1, -0.05) is 0 Å².